The summed E-state index contributed by atoms with van der Waals surface area (Å²) in [6.07, 6.45) is 1.90. The van der Waals surface area contributed by atoms with Gasteiger partial charge < -0.3 is 10.2 Å². The Morgan fingerprint density at radius 2 is 2.06 bits per heavy atom. The second-order valence-corrected chi connectivity index (χ2v) is 5.04. The van der Waals surface area contributed by atoms with E-state index in [0.717, 1.165) is 31.1 Å². The average molecular weight is 261 g/mol. The van der Waals surface area contributed by atoms with E-state index in [0.29, 0.717) is 0 Å². The van der Waals surface area contributed by atoms with Gasteiger partial charge in [-0.2, -0.15) is 0 Å². The van der Waals surface area contributed by atoms with Crippen molar-refractivity contribution >= 4 is 22.8 Å². The van der Waals surface area contributed by atoms with Gasteiger partial charge in [-0.3, -0.25) is 0 Å². The Balaban J connectivity index is 1.95. The van der Waals surface area contributed by atoms with Crippen LogP contribution in [0.25, 0.3) is 0 Å². The van der Waals surface area contributed by atoms with Crippen molar-refractivity contribution in [1.82, 2.24) is 4.98 Å². The molecule has 0 unspecified atom stereocenters. The van der Waals surface area contributed by atoms with Crippen LogP contribution >= 0.6 is 11.3 Å². The van der Waals surface area contributed by atoms with Gasteiger partial charge in [0.15, 0.2) is 0 Å². The maximum Gasteiger partial charge on any atom is 0.128 e. The molecule has 4 heteroatoms. The lowest BCUT2D eigenvalue weighted by Crippen LogP contribution is -2.22. The number of aromatic nitrogens is 1. The molecule has 0 atom stereocenters. The molecule has 0 aliphatic heterocycles. The predicted molar refractivity (Wildman–Crippen MR) is 79.4 cm³/mol. The molecule has 0 fully saturated rings. The summed E-state index contributed by atoms with van der Waals surface area (Å²) in [5, 5.41) is 5.47. The van der Waals surface area contributed by atoms with Crippen LogP contribution in [0, 0.1) is 0 Å². The fraction of sp³-hybridized carbons (Fsp3) is 0.357. The van der Waals surface area contributed by atoms with Crippen molar-refractivity contribution in [3.05, 3.63) is 40.7 Å². The summed E-state index contributed by atoms with van der Waals surface area (Å²) in [6, 6.07) is 8.37. The van der Waals surface area contributed by atoms with Gasteiger partial charge >= 0.3 is 0 Å². The van der Waals surface area contributed by atoms with Crippen molar-refractivity contribution in [3.63, 3.8) is 0 Å². The summed E-state index contributed by atoms with van der Waals surface area (Å²) in [4.78, 5) is 8.06. The molecule has 2 aromatic heterocycles. The van der Waals surface area contributed by atoms with Crippen molar-refractivity contribution in [1.29, 1.82) is 0 Å². The Morgan fingerprint density at radius 1 is 1.22 bits per heavy atom. The van der Waals surface area contributed by atoms with Crippen LogP contribution in [0.4, 0.5) is 11.5 Å². The van der Waals surface area contributed by atoms with Gasteiger partial charge in [-0.05, 0) is 37.4 Å². The molecule has 0 aliphatic carbocycles. The van der Waals surface area contributed by atoms with E-state index < -0.39 is 0 Å². The van der Waals surface area contributed by atoms with E-state index in [2.05, 4.69) is 58.7 Å². The molecule has 0 spiro atoms. The van der Waals surface area contributed by atoms with Crippen LogP contribution in [-0.2, 0) is 6.54 Å². The summed E-state index contributed by atoms with van der Waals surface area (Å²) < 4.78 is 0. The second-order valence-electron chi connectivity index (χ2n) is 4.01. The first-order valence-electron chi connectivity index (χ1n) is 6.30. The molecule has 0 aromatic carbocycles. The summed E-state index contributed by atoms with van der Waals surface area (Å²) in [5.74, 6) is 1.04. The van der Waals surface area contributed by atoms with E-state index >= 15 is 0 Å². The first-order chi connectivity index (χ1) is 8.83. The van der Waals surface area contributed by atoms with Crippen molar-refractivity contribution in [3.8, 4) is 0 Å². The number of hydrogen-bond acceptors (Lipinski definition) is 4. The topological polar surface area (TPSA) is 28.2 Å². The third kappa shape index (κ3) is 3.23. The average Bonchev–Trinajstić information content (AvgIpc) is 2.92. The largest absolute Gasteiger partial charge is 0.379 e. The number of hydrogen-bond donors (Lipinski definition) is 1. The molecule has 1 N–H and O–H groups in total. The Labute approximate surface area is 112 Å². The number of rotatable bonds is 6. The number of anilines is 2. The maximum absolute atomic E-state index is 4.49. The fourth-order valence-electron chi connectivity index (χ4n) is 1.83. The van der Waals surface area contributed by atoms with Gasteiger partial charge in [-0.15, -0.1) is 11.3 Å². The molecular weight excluding hydrogens is 242 g/mol. The third-order valence-corrected chi connectivity index (χ3v) is 3.76. The van der Waals surface area contributed by atoms with Gasteiger partial charge in [-0.25, -0.2) is 4.98 Å². The van der Waals surface area contributed by atoms with Gasteiger partial charge in [0.2, 0.25) is 0 Å². The standard InChI is InChI=1S/C14H19N3S/c1-3-17(4-2)14-8-7-12(10-16-14)15-11-13-6-5-9-18-13/h5-10,15H,3-4,11H2,1-2H3. The van der Waals surface area contributed by atoms with Crippen molar-refractivity contribution in [2.24, 2.45) is 0 Å². The van der Waals surface area contributed by atoms with Crippen molar-refractivity contribution in [2.45, 2.75) is 20.4 Å². The molecule has 0 bridgehead atoms. The highest BCUT2D eigenvalue weighted by Crippen LogP contribution is 2.16. The molecule has 18 heavy (non-hydrogen) atoms. The number of pyridine rings is 1. The van der Waals surface area contributed by atoms with Gasteiger partial charge in [0, 0.05) is 24.5 Å². The van der Waals surface area contributed by atoms with Crippen molar-refractivity contribution in [2.75, 3.05) is 23.3 Å². The Hall–Kier alpha value is -1.55. The summed E-state index contributed by atoms with van der Waals surface area (Å²) >= 11 is 1.77. The summed E-state index contributed by atoms with van der Waals surface area (Å²) in [7, 11) is 0. The van der Waals surface area contributed by atoms with E-state index in [1.165, 1.54) is 4.88 Å². The first-order valence-corrected chi connectivity index (χ1v) is 7.18. The number of nitrogens with zero attached hydrogens (tertiary/aromatic N) is 2. The fourth-order valence-corrected chi connectivity index (χ4v) is 2.47. The first kappa shape index (κ1) is 12.9. The smallest absolute Gasteiger partial charge is 0.128 e. The molecular formula is C14H19N3S. The Morgan fingerprint density at radius 3 is 2.61 bits per heavy atom. The maximum atomic E-state index is 4.49. The van der Waals surface area contributed by atoms with Crippen LogP contribution in [0.5, 0.6) is 0 Å². The van der Waals surface area contributed by atoms with Crippen LogP contribution in [0.3, 0.4) is 0 Å². The van der Waals surface area contributed by atoms with Crippen LogP contribution in [-0.4, -0.2) is 18.1 Å². The molecule has 0 amide bonds. The van der Waals surface area contributed by atoms with E-state index in [9.17, 15) is 0 Å². The van der Waals surface area contributed by atoms with Crippen LogP contribution in [0.15, 0.2) is 35.8 Å². The monoisotopic (exact) mass is 261 g/mol. The number of nitrogens with one attached hydrogen (secondary N) is 1. The van der Waals surface area contributed by atoms with Crippen LogP contribution < -0.4 is 10.2 Å². The predicted octanol–water partition coefficient (Wildman–Crippen LogP) is 3.60. The molecule has 3 nitrogen and oxygen atoms in total. The zero-order valence-electron chi connectivity index (χ0n) is 10.9. The molecule has 0 aliphatic rings. The van der Waals surface area contributed by atoms with E-state index in [1.54, 1.807) is 11.3 Å². The van der Waals surface area contributed by atoms with Gasteiger partial charge in [0.25, 0.3) is 0 Å². The van der Waals surface area contributed by atoms with Crippen LogP contribution in [0.2, 0.25) is 0 Å². The van der Waals surface area contributed by atoms with E-state index in [1.807, 2.05) is 6.20 Å². The van der Waals surface area contributed by atoms with E-state index in [4.69, 9.17) is 0 Å². The molecule has 0 saturated carbocycles. The van der Waals surface area contributed by atoms with Crippen LogP contribution in [0.1, 0.15) is 18.7 Å². The zero-order valence-corrected chi connectivity index (χ0v) is 11.7. The lowest BCUT2D eigenvalue weighted by Gasteiger charge is -2.19. The van der Waals surface area contributed by atoms with Gasteiger partial charge in [-0.1, -0.05) is 6.07 Å². The van der Waals surface area contributed by atoms with Gasteiger partial charge in [0.05, 0.1) is 11.9 Å². The third-order valence-electron chi connectivity index (χ3n) is 2.88. The SMILES string of the molecule is CCN(CC)c1ccc(NCc2cccs2)cn1. The second kappa shape index (κ2) is 6.40. The molecule has 96 valence electrons. The molecule has 2 heterocycles. The van der Waals surface area contributed by atoms with Crippen molar-refractivity contribution < 1.29 is 0 Å². The minimum absolute atomic E-state index is 0.865. The zero-order chi connectivity index (χ0) is 12.8. The lowest BCUT2D eigenvalue weighted by molar-refractivity contribution is 0.846. The summed E-state index contributed by atoms with van der Waals surface area (Å²) in [6.45, 7) is 7.14. The summed E-state index contributed by atoms with van der Waals surface area (Å²) in [5.41, 5.74) is 1.07. The molecule has 0 radical (unpaired) electrons. The quantitative estimate of drug-likeness (QED) is 0.861. The minimum atomic E-state index is 0.865. The normalized spacial score (nSPS) is 10.3. The van der Waals surface area contributed by atoms with Gasteiger partial charge in [0.1, 0.15) is 5.82 Å². The minimum Gasteiger partial charge on any atom is -0.379 e. The van der Waals surface area contributed by atoms with E-state index in [-0.39, 0.29) is 0 Å². The molecule has 2 rings (SSSR count). The molecule has 0 saturated heterocycles. The highest BCUT2D eigenvalue weighted by molar-refractivity contribution is 7.09. The lowest BCUT2D eigenvalue weighted by atomic mass is 10.3. The highest BCUT2D eigenvalue weighted by atomic mass is 32.1. The Bertz CT molecular complexity index is 446. The number of thiophene rings is 1. The molecule has 2 aromatic rings. The highest BCUT2D eigenvalue weighted by Gasteiger charge is 2.02. The Kier molecular flexibility index (Phi) is 4.59.